The van der Waals surface area contributed by atoms with E-state index >= 15 is 0 Å². The van der Waals surface area contributed by atoms with Crippen LogP contribution in [0.2, 0.25) is 0 Å². The van der Waals surface area contributed by atoms with Crippen molar-refractivity contribution in [1.82, 2.24) is 5.32 Å². The standard InChI is InChI=1S/C13H14F3NO2/c14-13(15,16)12(5-6-12)17-8-10-4-2-1-3-9(10)7-11(18)19/h1-4,17H,5-8H2,(H,18,19). The molecule has 0 aromatic heterocycles. The Kier molecular flexibility index (Phi) is 3.54. The largest absolute Gasteiger partial charge is 0.481 e. The molecule has 1 saturated carbocycles. The van der Waals surface area contributed by atoms with Crippen LogP contribution in [-0.2, 0) is 17.8 Å². The normalized spacial score (nSPS) is 17.2. The van der Waals surface area contributed by atoms with Crippen LogP contribution in [0.1, 0.15) is 24.0 Å². The molecule has 2 N–H and O–H groups in total. The molecule has 1 aliphatic carbocycles. The van der Waals surface area contributed by atoms with E-state index in [1.165, 1.54) is 0 Å². The highest BCUT2D eigenvalue weighted by molar-refractivity contribution is 5.70. The third-order valence-corrected chi connectivity index (χ3v) is 3.37. The Morgan fingerprint density at radius 3 is 2.32 bits per heavy atom. The van der Waals surface area contributed by atoms with Crippen molar-refractivity contribution in [2.45, 2.75) is 37.5 Å². The van der Waals surface area contributed by atoms with Crippen molar-refractivity contribution < 1.29 is 23.1 Å². The number of nitrogens with one attached hydrogen (secondary N) is 1. The van der Waals surface area contributed by atoms with E-state index in [0.717, 1.165) is 0 Å². The zero-order chi connectivity index (χ0) is 14.1. The van der Waals surface area contributed by atoms with Gasteiger partial charge in [-0.05, 0) is 24.0 Å². The van der Waals surface area contributed by atoms with Gasteiger partial charge in [0.25, 0.3) is 0 Å². The first-order valence-corrected chi connectivity index (χ1v) is 5.94. The quantitative estimate of drug-likeness (QED) is 0.866. The lowest BCUT2D eigenvalue weighted by Crippen LogP contribution is -2.44. The summed E-state index contributed by atoms with van der Waals surface area (Å²) in [6, 6.07) is 6.64. The van der Waals surface area contributed by atoms with Gasteiger partial charge in [-0.3, -0.25) is 10.1 Å². The molecular weight excluding hydrogens is 259 g/mol. The molecule has 6 heteroatoms. The second-order valence-electron chi connectivity index (χ2n) is 4.77. The van der Waals surface area contributed by atoms with Crippen LogP contribution in [0.15, 0.2) is 24.3 Å². The van der Waals surface area contributed by atoms with E-state index in [1.54, 1.807) is 24.3 Å². The van der Waals surface area contributed by atoms with Crippen molar-refractivity contribution in [3.05, 3.63) is 35.4 Å². The van der Waals surface area contributed by atoms with Crippen LogP contribution < -0.4 is 5.32 Å². The molecule has 1 aromatic carbocycles. The first-order chi connectivity index (χ1) is 8.84. The highest BCUT2D eigenvalue weighted by Gasteiger charge is 2.62. The van der Waals surface area contributed by atoms with Gasteiger partial charge < -0.3 is 5.11 Å². The van der Waals surface area contributed by atoms with E-state index < -0.39 is 17.7 Å². The number of carbonyl (C=O) groups is 1. The SMILES string of the molecule is O=C(O)Cc1ccccc1CNC1(C(F)(F)F)CC1. The average molecular weight is 273 g/mol. The first-order valence-electron chi connectivity index (χ1n) is 5.94. The van der Waals surface area contributed by atoms with Crippen molar-refractivity contribution >= 4 is 5.97 Å². The van der Waals surface area contributed by atoms with Crippen LogP contribution in [0.4, 0.5) is 13.2 Å². The Morgan fingerprint density at radius 1 is 1.26 bits per heavy atom. The molecule has 0 radical (unpaired) electrons. The molecule has 0 amide bonds. The number of hydrogen-bond donors (Lipinski definition) is 2. The molecule has 0 bridgehead atoms. The third kappa shape index (κ3) is 3.07. The summed E-state index contributed by atoms with van der Waals surface area (Å²) in [6.45, 7) is 0.0307. The average Bonchev–Trinajstić information content (AvgIpc) is 3.07. The van der Waals surface area contributed by atoms with Gasteiger partial charge in [0.1, 0.15) is 5.54 Å². The number of benzene rings is 1. The summed E-state index contributed by atoms with van der Waals surface area (Å²) in [5.74, 6) is -0.996. The number of rotatable bonds is 5. The summed E-state index contributed by atoms with van der Waals surface area (Å²) in [7, 11) is 0. The van der Waals surface area contributed by atoms with Gasteiger partial charge in [0.2, 0.25) is 0 Å². The maximum atomic E-state index is 12.8. The fraction of sp³-hybridized carbons (Fsp3) is 0.462. The van der Waals surface area contributed by atoms with Gasteiger partial charge in [-0.15, -0.1) is 0 Å². The molecule has 19 heavy (non-hydrogen) atoms. The molecule has 104 valence electrons. The molecule has 0 atom stereocenters. The lowest BCUT2D eigenvalue weighted by molar-refractivity contribution is -0.166. The number of alkyl halides is 3. The smallest absolute Gasteiger partial charge is 0.406 e. The Balaban J connectivity index is 2.06. The minimum Gasteiger partial charge on any atom is -0.481 e. The van der Waals surface area contributed by atoms with Crippen LogP contribution in [0.25, 0.3) is 0 Å². The van der Waals surface area contributed by atoms with Crippen molar-refractivity contribution in [1.29, 1.82) is 0 Å². The molecule has 0 saturated heterocycles. The van der Waals surface area contributed by atoms with Gasteiger partial charge in [-0.2, -0.15) is 13.2 Å². The number of hydrogen-bond acceptors (Lipinski definition) is 2. The van der Waals surface area contributed by atoms with E-state index in [0.29, 0.717) is 11.1 Å². The van der Waals surface area contributed by atoms with Gasteiger partial charge in [0, 0.05) is 6.54 Å². The molecule has 0 aliphatic heterocycles. The summed E-state index contributed by atoms with van der Waals surface area (Å²) in [5, 5.41) is 11.3. The minimum atomic E-state index is -4.26. The number of carboxylic acid groups (broad SMARTS) is 1. The predicted octanol–water partition coefficient (Wildman–Crippen LogP) is 2.50. The summed E-state index contributed by atoms with van der Waals surface area (Å²) < 4.78 is 38.3. The monoisotopic (exact) mass is 273 g/mol. The zero-order valence-corrected chi connectivity index (χ0v) is 10.1. The molecule has 2 rings (SSSR count). The van der Waals surface area contributed by atoms with Gasteiger partial charge in [-0.25, -0.2) is 0 Å². The number of carboxylic acids is 1. The highest BCUT2D eigenvalue weighted by Crippen LogP contribution is 2.49. The van der Waals surface area contributed by atoms with Gasteiger partial charge in [0.05, 0.1) is 6.42 Å². The topological polar surface area (TPSA) is 49.3 Å². The summed E-state index contributed by atoms with van der Waals surface area (Å²) in [6.07, 6.45) is -4.28. The van der Waals surface area contributed by atoms with Crippen molar-refractivity contribution in [2.24, 2.45) is 0 Å². The van der Waals surface area contributed by atoms with Gasteiger partial charge >= 0.3 is 12.1 Å². The van der Waals surface area contributed by atoms with E-state index in [4.69, 9.17) is 5.11 Å². The predicted molar refractivity (Wildman–Crippen MR) is 62.6 cm³/mol. The van der Waals surface area contributed by atoms with E-state index in [2.05, 4.69) is 5.32 Å². The van der Waals surface area contributed by atoms with E-state index in [-0.39, 0.29) is 25.8 Å². The molecule has 3 nitrogen and oxygen atoms in total. The van der Waals surface area contributed by atoms with Crippen molar-refractivity contribution in [3.63, 3.8) is 0 Å². The Bertz CT molecular complexity index is 481. The Hall–Kier alpha value is -1.56. The molecule has 0 unspecified atom stereocenters. The molecular formula is C13H14F3NO2. The minimum absolute atomic E-state index is 0.0307. The van der Waals surface area contributed by atoms with E-state index in [1.807, 2.05) is 0 Å². The fourth-order valence-electron chi connectivity index (χ4n) is 2.02. The number of aliphatic carboxylic acids is 1. The second-order valence-corrected chi connectivity index (χ2v) is 4.77. The zero-order valence-electron chi connectivity index (χ0n) is 10.1. The first kappa shape index (κ1) is 13.9. The molecule has 1 aliphatic rings. The van der Waals surface area contributed by atoms with Crippen LogP contribution in [-0.4, -0.2) is 22.8 Å². The second kappa shape index (κ2) is 4.85. The van der Waals surface area contributed by atoms with E-state index in [9.17, 15) is 18.0 Å². The van der Waals surface area contributed by atoms with Crippen LogP contribution in [0, 0.1) is 0 Å². The van der Waals surface area contributed by atoms with Crippen LogP contribution in [0.5, 0.6) is 0 Å². The fourth-order valence-corrected chi connectivity index (χ4v) is 2.02. The highest BCUT2D eigenvalue weighted by atomic mass is 19.4. The third-order valence-electron chi connectivity index (χ3n) is 3.37. The molecule has 1 fully saturated rings. The maximum absolute atomic E-state index is 12.8. The number of halogens is 3. The maximum Gasteiger partial charge on any atom is 0.406 e. The molecule has 1 aromatic rings. The summed E-state index contributed by atoms with van der Waals surface area (Å²) in [5.41, 5.74) is -0.635. The molecule has 0 spiro atoms. The Morgan fingerprint density at radius 2 is 1.84 bits per heavy atom. The summed E-state index contributed by atoms with van der Waals surface area (Å²) in [4.78, 5) is 10.7. The van der Waals surface area contributed by atoms with Gasteiger partial charge in [-0.1, -0.05) is 24.3 Å². The van der Waals surface area contributed by atoms with Crippen LogP contribution >= 0.6 is 0 Å². The summed E-state index contributed by atoms with van der Waals surface area (Å²) >= 11 is 0. The van der Waals surface area contributed by atoms with Crippen molar-refractivity contribution in [2.75, 3.05) is 0 Å². The van der Waals surface area contributed by atoms with Crippen molar-refractivity contribution in [3.8, 4) is 0 Å². The van der Waals surface area contributed by atoms with Crippen LogP contribution in [0.3, 0.4) is 0 Å². The lowest BCUT2D eigenvalue weighted by atomic mass is 10.0. The van der Waals surface area contributed by atoms with Gasteiger partial charge in [0.15, 0.2) is 0 Å². The Labute approximate surface area is 108 Å². The molecule has 0 heterocycles. The lowest BCUT2D eigenvalue weighted by Gasteiger charge is -2.21.